The van der Waals surface area contributed by atoms with Crippen molar-refractivity contribution < 1.29 is 9.13 Å². The Bertz CT molecular complexity index is 604. The first-order valence-electron chi connectivity index (χ1n) is 5.45. The van der Waals surface area contributed by atoms with E-state index in [0.717, 1.165) is 10.0 Å². The molecule has 0 saturated heterocycles. The third-order valence-corrected chi connectivity index (χ3v) is 4.44. The normalized spacial score (nSPS) is 12.3. The Balaban J connectivity index is 2.38. The van der Waals surface area contributed by atoms with Crippen molar-refractivity contribution in [3.8, 4) is 5.75 Å². The summed E-state index contributed by atoms with van der Waals surface area (Å²) in [6, 6.07) is 9.90. The molecular weight excluding hydrogens is 354 g/mol. The quantitative estimate of drug-likeness (QED) is 0.647. The molecule has 1 nitrogen and oxygen atoms in total. The summed E-state index contributed by atoms with van der Waals surface area (Å²) < 4.78 is 19.7. The zero-order chi connectivity index (χ0) is 14.0. The smallest absolute Gasteiger partial charge is 0.131 e. The molecule has 0 heterocycles. The average Bonchev–Trinajstić information content (AvgIpc) is 2.41. The van der Waals surface area contributed by atoms with Crippen LogP contribution in [0, 0.1) is 5.82 Å². The molecule has 0 aromatic heterocycles. The molecule has 2 rings (SSSR count). The van der Waals surface area contributed by atoms with Crippen LogP contribution in [0.5, 0.6) is 5.75 Å². The highest BCUT2D eigenvalue weighted by Gasteiger charge is 2.16. The van der Waals surface area contributed by atoms with Crippen molar-refractivity contribution >= 4 is 39.1 Å². The van der Waals surface area contributed by atoms with Crippen LogP contribution in [0.4, 0.5) is 4.39 Å². The monoisotopic (exact) mass is 362 g/mol. The van der Waals surface area contributed by atoms with E-state index in [0.29, 0.717) is 16.3 Å². The van der Waals surface area contributed by atoms with E-state index in [9.17, 15) is 4.39 Å². The van der Waals surface area contributed by atoms with E-state index in [1.54, 1.807) is 30.3 Å². The summed E-state index contributed by atoms with van der Waals surface area (Å²) >= 11 is 15.6. The first kappa shape index (κ1) is 14.6. The predicted octanol–water partition coefficient (Wildman–Crippen LogP) is 5.58. The minimum Gasteiger partial charge on any atom is -0.497 e. The lowest BCUT2D eigenvalue weighted by Gasteiger charge is -2.13. The molecule has 0 saturated carbocycles. The second kappa shape index (κ2) is 6.12. The van der Waals surface area contributed by atoms with Crippen LogP contribution in [0.3, 0.4) is 0 Å². The average molecular weight is 364 g/mol. The number of methoxy groups -OCH3 is 1. The van der Waals surface area contributed by atoms with Crippen molar-refractivity contribution in [2.24, 2.45) is 0 Å². The van der Waals surface area contributed by atoms with Gasteiger partial charge in [0.1, 0.15) is 11.6 Å². The maximum Gasteiger partial charge on any atom is 0.131 e. The topological polar surface area (TPSA) is 9.23 Å². The highest BCUT2D eigenvalue weighted by molar-refractivity contribution is 9.10. The fraction of sp³-hybridized carbons (Fsp3) is 0.143. The molecule has 0 aliphatic rings. The molecule has 0 amide bonds. The standard InChI is InChI=1S/C14H10BrCl2FO/c1-19-9-3-4-10(13(18)7-9)14(17)8-2-5-11(15)12(16)6-8/h2-7,14H,1H3. The van der Waals surface area contributed by atoms with Gasteiger partial charge in [0.05, 0.1) is 17.5 Å². The highest BCUT2D eigenvalue weighted by Crippen LogP contribution is 2.35. The molecule has 5 heteroatoms. The number of rotatable bonds is 3. The Morgan fingerprint density at radius 1 is 1.21 bits per heavy atom. The fourth-order valence-electron chi connectivity index (χ4n) is 1.69. The molecule has 0 aliphatic carbocycles. The van der Waals surface area contributed by atoms with E-state index >= 15 is 0 Å². The lowest BCUT2D eigenvalue weighted by Crippen LogP contribution is -1.98. The first-order valence-corrected chi connectivity index (χ1v) is 7.06. The van der Waals surface area contributed by atoms with Crippen LogP contribution >= 0.6 is 39.1 Å². The molecular formula is C14H10BrCl2FO. The third-order valence-electron chi connectivity index (χ3n) is 2.72. The predicted molar refractivity (Wildman–Crippen MR) is 79.8 cm³/mol. The number of hydrogen-bond acceptors (Lipinski definition) is 1. The third kappa shape index (κ3) is 3.22. The number of hydrogen-bond donors (Lipinski definition) is 0. The van der Waals surface area contributed by atoms with Crippen LogP contribution < -0.4 is 4.74 Å². The van der Waals surface area contributed by atoms with Crippen molar-refractivity contribution in [1.29, 1.82) is 0 Å². The van der Waals surface area contributed by atoms with Gasteiger partial charge in [-0.2, -0.15) is 0 Å². The molecule has 2 aromatic rings. The van der Waals surface area contributed by atoms with Gasteiger partial charge in [-0.05, 0) is 39.7 Å². The van der Waals surface area contributed by atoms with Crippen LogP contribution in [-0.4, -0.2) is 7.11 Å². The van der Waals surface area contributed by atoms with Gasteiger partial charge in [-0.15, -0.1) is 11.6 Å². The lowest BCUT2D eigenvalue weighted by atomic mass is 10.0. The van der Waals surface area contributed by atoms with Gasteiger partial charge in [0, 0.05) is 16.1 Å². The van der Waals surface area contributed by atoms with Crippen LogP contribution in [-0.2, 0) is 0 Å². The Hall–Kier alpha value is -0.770. The van der Waals surface area contributed by atoms with Gasteiger partial charge in [-0.1, -0.05) is 23.7 Å². The second-order valence-corrected chi connectivity index (χ2v) is 5.62. The van der Waals surface area contributed by atoms with E-state index in [2.05, 4.69) is 15.9 Å². The number of benzene rings is 2. The van der Waals surface area contributed by atoms with Gasteiger partial charge in [-0.3, -0.25) is 0 Å². The summed E-state index contributed by atoms with van der Waals surface area (Å²) in [4.78, 5) is 0. The van der Waals surface area contributed by atoms with Crippen molar-refractivity contribution in [3.05, 3.63) is 62.8 Å². The molecule has 1 unspecified atom stereocenters. The van der Waals surface area contributed by atoms with Crippen molar-refractivity contribution in [2.45, 2.75) is 5.38 Å². The van der Waals surface area contributed by atoms with E-state index in [4.69, 9.17) is 27.9 Å². The van der Waals surface area contributed by atoms with Crippen molar-refractivity contribution in [3.63, 3.8) is 0 Å². The van der Waals surface area contributed by atoms with Crippen molar-refractivity contribution in [2.75, 3.05) is 7.11 Å². The summed E-state index contributed by atoms with van der Waals surface area (Å²) in [7, 11) is 1.49. The van der Waals surface area contributed by atoms with Gasteiger partial charge in [0.25, 0.3) is 0 Å². The number of ether oxygens (including phenoxy) is 1. The van der Waals surface area contributed by atoms with E-state index in [-0.39, 0.29) is 0 Å². The zero-order valence-corrected chi connectivity index (χ0v) is 13.1. The molecule has 2 aromatic carbocycles. The lowest BCUT2D eigenvalue weighted by molar-refractivity contribution is 0.410. The number of alkyl halides is 1. The fourth-order valence-corrected chi connectivity index (χ4v) is 2.44. The summed E-state index contributed by atoms with van der Waals surface area (Å²) in [6.45, 7) is 0. The van der Waals surface area contributed by atoms with Gasteiger partial charge in [0.2, 0.25) is 0 Å². The summed E-state index contributed by atoms with van der Waals surface area (Å²) in [6.07, 6.45) is 0. The molecule has 100 valence electrons. The Morgan fingerprint density at radius 3 is 2.53 bits per heavy atom. The summed E-state index contributed by atoms with van der Waals surface area (Å²) in [5, 5.41) is -0.0615. The summed E-state index contributed by atoms with van der Waals surface area (Å²) in [5.41, 5.74) is 1.12. The zero-order valence-electron chi connectivity index (χ0n) is 9.96. The van der Waals surface area contributed by atoms with E-state index in [1.807, 2.05) is 0 Å². The van der Waals surface area contributed by atoms with Gasteiger partial charge < -0.3 is 4.74 Å². The maximum absolute atomic E-state index is 13.9. The molecule has 1 atom stereocenters. The molecule has 0 radical (unpaired) electrons. The first-order chi connectivity index (χ1) is 9.02. The maximum atomic E-state index is 13.9. The van der Waals surface area contributed by atoms with Gasteiger partial charge >= 0.3 is 0 Å². The van der Waals surface area contributed by atoms with E-state index < -0.39 is 11.2 Å². The minimum atomic E-state index is -0.600. The molecule has 0 fully saturated rings. The van der Waals surface area contributed by atoms with E-state index in [1.165, 1.54) is 13.2 Å². The summed E-state index contributed by atoms with van der Waals surface area (Å²) in [5.74, 6) is 0.0531. The highest BCUT2D eigenvalue weighted by atomic mass is 79.9. The largest absolute Gasteiger partial charge is 0.497 e. The van der Waals surface area contributed by atoms with Crippen LogP contribution in [0.1, 0.15) is 16.5 Å². The van der Waals surface area contributed by atoms with Crippen molar-refractivity contribution in [1.82, 2.24) is 0 Å². The molecule has 19 heavy (non-hydrogen) atoms. The van der Waals surface area contributed by atoms with Crippen LogP contribution in [0.15, 0.2) is 40.9 Å². The van der Waals surface area contributed by atoms with Gasteiger partial charge in [0.15, 0.2) is 0 Å². The molecule has 0 bridgehead atoms. The minimum absolute atomic E-state index is 0.390. The number of halogens is 4. The Labute approximate surface area is 129 Å². The molecule has 0 aliphatic heterocycles. The van der Waals surface area contributed by atoms with Gasteiger partial charge in [-0.25, -0.2) is 4.39 Å². The molecule has 0 N–H and O–H groups in total. The Kier molecular flexibility index (Phi) is 4.71. The second-order valence-electron chi connectivity index (χ2n) is 3.92. The van der Waals surface area contributed by atoms with Crippen LogP contribution in [0.25, 0.3) is 0 Å². The molecule has 0 spiro atoms. The SMILES string of the molecule is COc1ccc(C(Cl)c2ccc(Br)c(Cl)c2)c(F)c1. The Morgan fingerprint density at radius 2 is 1.95 bits per heavy atom. The van der Waals surface area contributed by atoms with Crippen LogP contribution in [0.2, 0.25) is 5.02 Å².